The number of urea groups is 2. The monoisotopic (exact) mass is 1910 g/mol. The van der Waals surface area contributed by atoms with Crippen molar-refractivity contribution in [3.8, 4) is 18.2 Å². The molecule has 3 unspecified atom stereocenters. The van der Waals surface area contributed by atoms with E-state index >= 15 is 8.78 Å². The Labute approximate surface area is 803 Å². The number of likely N-dealkylation sites (tertiary alicyclic amines) is 2. The minimum Gasteiger partial charge on any atom is -0.392 e. The first-order valence-corrected chi connectivity index (χ1v) is 47.8. The Bertz CT molecular complexity index is 6010. The summed E-state index contributed by atoms with van der Waals surface area (Å²) in [5, 5.41) is 75.7. The highest BCUT2D eigenvalue weighted by molar-refractivity contribution is 7.84. The van der Waals surface area contributed by atoms with Crippen LogP contribution in [0, 0.1) is 90.0 Å². The maximum atomic E-state index is 15.5. The lowest BCUT2D eigenvalue weighted by molar-refractivity contribution is -0.120. The van der Waals surface area contributed by atoms with Gasteiger partial charge >= 0.3 is 12.1 Å². The molecule has 716 valence electrons. The minimum absolute atomic E-state index is 0. The Kier molecular flexibility index (Phi) is 35.4. The normalized spacial score (nSPS) is 19.4. The van der Waals surface area contributed by atoms with Crippen molar-refractivity contribution < 1.29 is 65.7 Å². The average molecular weight is 1910 g/mol. The third-order valence-corrected chi connectivity index (χ3v) is 28.4. The maximum Gasteiger partial charge on any atom is 0.322 e. The summed E-state index contributed by atoms with van der Waals surface area (Å²) in [6.45, 7) is 17.3. The summed E-state index contributed by atoms with van der Waals surface area (Å²) in [6.07, 6.45) is 10.4. The molecule has 6 fully saturated rings. The lowest BCUT2D eigenvalue weighted by Gasteiger charge is -2.38. The number of hydrogen-bond donors (Lipinski definition) is 12. The van der Waals surface area contributed by atoms with Gasteiger partial charge in [-0.2, -0.15) is 20.8 Å². The fourth-order valence-electron chi connectivity index (χ4n) is 16.5. The first kappa shape index (κ1) is 104. The minimum atomic E-state index is -1.56. The number of nitrogens with zero attached hydrogens (tertiary/aromatic N) is 6. The second-order valence-electron chi connectivity index (χ2n) is 37.9. The summed E-state index contributed by atoms with van der Waals surface area (Å²) in [7, 11) is -3.05. The number of carbonyl (C=O) groups is 5. The lowest BCUT2D eigenvalue weighted by atomic mass is 9.79. The molecule has 0 spiro atoms. The molecule has 7 amide bonds. The predicted octanol–water partition coefficient (Wildman–Crippen LogP) is 17.3. The number of aliphatic hydroxyl groups is 3. The quantitative estimate of drug-likeness (QED) is 0.0160. The molecule has 3 heterocycles. The molecule has 9 aromatic carbocycles. The van der Waals surface area contributed by atoms with Gasteiger partial charge in [0.15, 0.2) is 0 Å². The summed E-state index contributed by atoms with van der Waals surface area (Å²) < 4.78 is 78.3. The number of halogens is 4. The molecular weight excluding hydrogens is 1790 g/mol. The van der Waals surface area contributed by atoms with Crippen LogP contribution in [0.2, 0.25) is 0 Å². The molecule has 6 aliphatic rings. The summed E-state index contributed by atoms with van der Waals surface area (Å²) >= 11 is 0. The number of isocyanates is 1. The molecule has 26 nitrogen and oxygen atoms in total. The number of nitrogens with two attached hydrogens (primary N) is 1. The van der Waals surface area contributed by atoms with E-state index in [0.717, 1.165) is 85.6 Å². The number of nitriles is 3. The molecular formula is C104H119ClF3N15O11S2. The highest BCUT2D eigenvalue weighted by Crippen LogP contribution is 2.47. The van der Waals surface area contributed by atoms with Crippen molar-refractivity contribution in [3.05, 3.63) is 284 Å². The lowest BCUT2D eigenvalue weighted by Crippen LogP contribution is -2.49. The van der Waals surface area contributed by atoms with Gasteiger partial charge in [0, 0.05) is 43.9 Å². The van der Waals surface area contributed by atoms with Crippen molar-refractivity contribution in [1.82, 2.24) is 24.6 Å². The number of anilines is 5. The van der Waals surface area contributed by atoms with Gasteiger partial charge in [0.05, 0.1) is 130 Å². The van der Waals surface area contributed by atoms with E-state index < -0.39 is 132 Å². The third-order valence-electron chi connectivity index (χ3n) is 25.1. The number of rotatable bonds is 28. The van der Waals surface area contributed by atoms with Crippen molar-refractivity contribution >= 4 is 104 Å². The summed E-state index contributed by atoms with van der Waals surface area (Å²) in [4.78, 5) is 81.8. The van der Waals surface area contributed by atoms with Gasteiger partial charge in [-0.3, -0.25) is 14.4 Å². The van der Waals surface area contributed by atoms with Crippen LogP contribution in [0.1, 0.15) is 205 Å². The molecule has 0 aromatic heterocycles. The van der Waals surface area contributed by atoms with Gasteiger partial charge in [0.2, 0.25) is 23.8 Å². The van der Waals surface area contributed by atoms with E-state index in [1.165, 1.54) is 46.2 Å². The molecule has 3 saturated heterocycles. The van der Waals surface area contributed by atoms with Gasteiger partial charge in [0.1, 0.15) is 29.5 Å². The SMILES string of the molecule is CC(C)(C)[S@@](=O)NC(CCC1CC1)(c1cccc(C#N)c1)c1ccc(F)c(NC(=O)[C@H]2C[C@@H](O)CN2)c1.Cc1ccc(N=C=O)cc1.Cc1ccc(NC(=O)N2C[C@H](O)C[C@@H]2C(=O)Nc2cc(C(CCC3CC3)(N[S@](=O)C(C)(C)C)c3cccc(C#N)c3)ccc2F)cc1.Cc1ccc(NC(=O)N2C[C@H](O)C[C@@H]2C(=O)Nc2cc(C(N)(CCC3CC3)c3cccc(C#N)c3)ccc2F)cc1.Cl. The molecule has 0 radical (unpaired) electrons. The molecule has 3 saturated carbocycles. The van der Waals surface area contributed by atoms with Crippen molar-refractivity contribution in [3.63, 3.8) is 0 Å². The van der Waals surface area contributed by atoms with Crippen molar-refractivity contribution in [1.29, 1.82) is 15.8 Å². The van der Waals surface area contributed by atoms with Crippen LogP contribution in [0.25, 0.3) is 0 Å². The van der Waals surface area contributed by atoms with Gasteiger partial charge in [-0.1, -0.05) is 146 Å². The number of aliphatic imine (C=N–C) groups is 1. The number of hydrogen-bond acceptors (Lipinski definition) is 17. The average Bonchev–Trinajstić information content (AvgIpc) is 1.22. The number of nitrogens with one attached hydrogen (secondary N) is 8. The molecule has 0 bridgehead atoms. The van der Waals surface area contributed by atoms with E-state index in [1.54, 1.807) is 115 Å². The zero-order chi connectivity index (χ0) is 97.3. The van der Waals surface area contributed by atoms with Gasteiger partial charge in [-0.05, 0) is 268 Å². The highest BCUT2D eigenvalue weighted by Gasteiger charge is 2.46. The Morgan fingerprint density at radius 3 is 1.15 bits per heavy atom. The van der Waals surface area contributed by atoms with Crippen LogP contribution in [0.15, 0.2) is 205 Å². The smallest absolute Gasteiger partial charge is 0.322 e. The molecule has 32 heteroatoms. The van der Waals surface area contributed by atoms with Crippen molar-refractivity contribution in [2.45, 2.75) is 221 Å². The van der Waals surface area contributed by atoms with Crippen LogP contribution >= 0.6 is 12.4 Å². The Hall–Kier alpha value is -12.1. The maximum absolute atomic E-state index is 15.5. The van der Waals surface area contributed by atoms with E-state index in [9.17, 15) is 72.7 Å². The molecule has 15 rings (SSSR count). The topological polar surface area (TPSA) is 410 Å². The van der Waals surface area contributed by atoms with E-state index in [-0.39, 0.29) is 61.8 Å². The van der Waals surface area contributed by atoms with Crippen molar-refractivity contribution in [2.75, 3.05) is 46.2 Å². The molecule has 11 atom stereocenters. The van der Waals surface area contributed by atoms with Crippen LogP contribution in [0.3, 0.4) is 0 Å². The standard InChI is InChI=1S/C36H42FN5O4S.C32H34FN5O3.C28H35FN4O3S.C8H7NO.ClH/c1-23-8-13-28(14-9-23)39-34(45)42-22-29(43)20-32(42)33(44)40-31-19-27(12-15-30(31)37)36(17-16-24-10-11-24,41-47(46)35(2,3)4)26-7-5-6-25(18-26)21-38;1-20-5-10-25(11-6-20)36-31(41)38-19-26(39)17-29(38)30(40)37-28-16-24(9-12-27(28)33)32(35,14-13-21-7-8-21)23-4-2-3-22(15-23)18-34;1-27(2,3)37(36)33-28(12-11-18-7-8-18,20-6-4-5-19(13-20)16-30)21-9-10-23(29)24(14-21)32-26(35)25-15-22(34)17-31-25;1-7-2-4-8(5-3-7)9-6-10;/h5-9,12-15,18-19,24,29,32,41,43H,10-11,16-17,20,22H2,1-4H3,(H,39,45)(H,40,44);2-6,9-12,15-16,21,26,29,39H,7-8,13-14,17,19,35H2,1H3,(H,36,41)(H,37,40);4-6,9-10,13-14,18,22,25,31,33-34H,7-8,11-12,15,17H2,1-3H3,(H,32,35);2-5H,1H3;1H/t29-,32-,36?,47-;26-,29-,32?;22-,25-,28?,37-;;/m111../s1. The fourth-order valence-corrected chi connectivity index (χ4v) is 18.5. The second-order valence-corrected chi connectivity index (χ2v) is 41.9. The molecule has 3 aliphatic heterocycles. The predicted molar refractivity (Wildman–Crippen MR) is 524 cm³/mol. The number of benzene rings is 9. The Morgan fingerprint density at radius 1 is 0.456 bits per heavy atom. The Balaban J connectivity index is 0.000000186. The number of carbonyl (C=O) groups excluding carboxylic acids is 6. The number of amides is 7. The first-order valence-electron chi connectivity index (χ1n) is 45.5. The van der Waals surface area contributed by atoms with Crippen LogP contribution < -0.4 is 47.1 Å². The summed E-state index contributed by atoms with van der Waals surface area (Å²) in [6, 6.07) is 59.3. The summed E-state index contributed by atoms with van der Waals surface area (Å²) in [5.74, 6) is -1.90. The van der Waals surface area contributed by atoms with E-state index in [4.69, 9.17) is 5.73 Å². The van der Waals surface area contributed by atoms with Gasteiger partial charge in [-0.15, -0.1) is 12.4 Å². The van der Waals surface area contributed by atoms with Gasteiger partial charge in [0.25, 0.3) is 0 Å². The molecule has 13 N–H and O–H groups in total. The Morgan fingerprint density at radius 2 is 0.794 bits per heavy atom. The first-order chi connectivity index (χ1) is 64.3. The molecule has 9 aromatic rings. The van der Waals surface area contributed by atoms with E-state index in [0.29, 0.717) is 99.6 Å². The zero-order valence-corrected chi connectivity index (χ0v) is 80.2. The van der Waals surface area contributed by atoms with Gasteiger partial charge < -0.3 is 62.8 Å². The van der Waals surface area contributed by atoms with Gasteiger partial charge in [-0.25, -0.2) is 45.4 Å². The number of β-amino-alcohol motifs (C(OH)–C–C–N with tert-alkyl or cyclic N) is 3. The van der Waals surface area contributed by atoms with E-state index in [1.807, 2.05) is 117 Å². The third kappa shape index (κ3) is 27.6. The highest BCUT2D eigenvalue weighted by atomic mass is 35.5. The molecule has 136 heavy (non-hydrogen) atoms. The summed E-state index contributed by atoms with van der Waals surface area (Å²) in [5.41, 5.74) is 14.2. The van der Waals surface area contributed by atoms with Crippen LogP contribution in [0.4, 0.5) is 56.9 Å². The number of aryl methyl sites for hydroxylation is 3. The number of aliphatic hydroxyl groups excluding tert-OH is 3. The molecule has 3 aliphatic carbocycles. The fraction of sp³-hybridized carbons (Fsp3) is 0.394. The van der Waals surface area contributed by atoms with Crippen LogP contribution in [0.5, 0.6) is 0 Å². The van der Waals surface area contributed by atoms with Crippen LogP contribution in [-0.4, -0.2) is 135 Å². The van der Waals surface area contributed by atoms with E-state index in [2.05, 4.69) is 64.5 Å². The largest absolute Gasteiger partial charge is 0.392 e. The second kappa shape index (κ2) is 46.1. The van der Waals surface area contributed by atoms with Crippen molar-refractivity contribution in [2.24, 2.45) is 28.5 Å². The zero-order valence-electron chi connectivity index (χ0n) is 77.7. The van der Waals surface area contributed by atoms with Crippen LogP contribution in [-0.2, 0) is 57.8 Å².